The number of furan rings is 1. The van der Waals surface area contributed by atoms with Gasteiger partial charge in [0.1, 0.15) is 12.3 Å². The maximum absolute atomic E-state index is 12.5. The van der Waals surface area contributed by atoms with Gasteiger partial charge in [-0.05, 0) is 54.6 Å². The predicted molar refractivity (Wildman–Crippen MR) is 113 cm³/mol. The van der Waals surface area contributed by atoms with Crippen LogP contribution >= 0.6 is 35.1 Å². The lowest BCUT2D eigenvalue weighted by Crippen LogP contribution is -2.34. The van der Waals surface area contributed by atoms with Crippen molar-refractivity contribution in [1.29, 1.82) is 0 Å². The molecule has 0 atom stereocenters. The largest absolute Gasteiger partial charge is 0.464 e. The second-order valence-corrected chi connectivity index (χ2v) is 8.56. The molecule has 1 aliphatic heterocycles. The molecule has 1 fully saturated rings. The number of amides is 2. The standard InChI is InChI=1S/C20H18ClNO5S2/c1-2-3-10-26-17(23)12-22-19(24)16(29-20(22)25)11-14-6-9-18(27-14)28-15-7-4-13(21)5-8-15/h4-9,11H,2-3,10,12H2,1H3/b16-11-. The lowest BCUT2D eigenvalue weighted by atomic mass is 10.3. The molecule has 0 aliphatic carbocycles. The molecule has 0 saturated carbocycles. The van der Waals surface area contributed by atoms with Gasteiger partial charge in [0.25, 0.3) is 11.1 Å². The molecule has 152 valence electrons. The first kappa shape index (κ1) is 21.5. The summed E-state index contributed by atoms with van der Waals surface area (Å²) in [5.41, 5.74) is 0. The quantitative estimate of drug-likeness (QED) is 0.299. The van der Waals surface area contributed by atoms with Crippen LogP contribution < -0.4 is 0 Å². The SMILES string of the molecule is CCCCOC(=O)CN1C(=O)S/C(=C\c2ccc(Sc3ccc(Cl)cc3)o2)C1=O. The predicted octanol–water partition coefficient (Wildman–Crippen LogP) is 5.46. The molecule has 9 heteroatoms. The average Bonchev–Trinajstić information content (AvgIpc) is 3.23. The summed E-state index contributed by atoms with van der Waals surface area (Å²) < 4.78 is 10.7. The van der Waals surface area contributed by atoms with Crippen LogP contribution in [0.4, 0.5) is 4.79 Å². The zero-order valence-corrected chi connectivity index (χ0v) is 17.9. The number of esters is 1. The van der Waals surface area contributed by atoms with Crippen LogP contribution in [0.1, 0.15) is 25.5 Å². The highest BCUT2D eigenvalue weighted by molar-refractivity contribution is 8.18. The van der Waals surface area contributed by atoms with Gasteiger partial charge in [-0.2, -0.15) is 0 Å². The van der Waals surface area contributed by atoms with E-state index in [9.17, 15) is 14.4 Å². The first-order chi connectivity index (χ1) is 14.0. The van der Waals surface area contributed by atoms with Crippen LogP contribution in [0.3, 0.4) is 0 Å². The summed E-state index contributed by atoms with van der Waals surface area (Å²) in [6.07, 6.45) is 3.13. The van der Waals surface area contributed by atoms with Crippen molar-refractivity contribution in [2.45, 2.75) is 29.8 Å². The average molecular weight is 452 g/mol. The Morgan fingerprint density at radius 2 is 2.00 bits per heavy atom. The second kappa shape index (κ2) is 10.0. The number of halogens is 1. The lowest BCUT2D eigenvalue weighted by Gasteiger charge is -2.11. The Labute approximate surface area is 181 Å². The molecule has 1 aromatic carbocycles. The Bertz CT molecular complexity index is 939. The summed E-state index contributed by atoms with van der Waals surface area (Å²) >= 11 is 8.06. The fraction of sp³-hybridized carbons (Fsp3) is 0.250. The Morgan fingerprint density at radius 1 is 1.24 bits per heavy atom. The topological polar surface area (TPSA) is 76.8 Å². The molecule has 1 saturated heterocycles. The molecule has 2 amide bonds. The van der Waals surface area contributed by atoms with Crippen LogP contribution in [-0.4, -0.2) is 35.2 Å². The first-order valence-electron chi connectivity index (χ1n) is 8.90. The summed E-state index contributed by atoms with van der Waals surface area (Å²) in [7, 11) is 0. The van der Waals surface area contributed by atoms with Gasteiger partial charge in [-0.3, -0.25) is 19.3 Å². The van der Waals surface area contributed by atoms with Crippen LogP contribution in [-0.2, 0) is 14.3 Å². The van der Waals surface area contributed by atoms with Gasteiger partial charge < -0.3 is 9.15 Å². The van der Waals surface area contributed by atoms with E-state index >= 15 is 0 Å². The van der Waals surface area contributed by atoms with Crippen LogP contribution in [0.25, 0.3) is 6.08 Å². The first-order valence-corrected chi connectivity index (χ1v) is 10.9. The van der Waals surface area contributed by atoms with Gasteiger partial charge in [0.15, 0.2) is 5.09 Å². The third-order valence-corrected chi connectivity index (χ3v) is 5.92. The number of imide groups is 1. The summed E-state index contributed by atoms with van der Waals surface area (Å²) in [5.74, 6) is -0.685. The van der Waals surface area contributed by atoms with Crippen molar-refractivity contribution < 1.29 is 23.5 Å². The minimum absolute atomic E-state index is 0.203. The number of carbonyl (C=O) groups excluding carboxylic acids is 3. The fourth-order valence-electron chi connectivity index (χ4n) is 2.36. The molecule has 3 rings (SSSR count). The van der Waals surface area contributed by atoms with Crippen molar-refractivity contribution in [3.8, 4) is 0 Å². The van der Waals surface area contributed by atoms with E-state index < -0.39 is 17.1 Å². The van der Waals surface area contributed by atoms with Gasteiger partial charge in [-0.1, -0.05) is 36.7 Å². The maximum atomic E-state index is 12.5. The molecule has 1 aliphatic rings. The zero-order valence-electron chi connectivity index (χ0n) is 15.6. The summed E-state index contributed by atoms with van der Waals surface area (Å²) in [6.45, 7) is 1.87. The van der Waals surface area contributed by atoms with Crippen LogP contribution in [0.2, 0.25) is 5.02 Å². The normalized spacial score (nSPS) is 15.4. The van der Waals surface area contributed by atoms with Crippen LogP contribution in [0, 0.1) is 0 Å². The van der Waals surface area contributed by atoms with Gasteiger partial charge in [0.05, 0.1) is 11.5 Å². The molecule has 6 nitrogen and oxygen atoms in total. The number of nitrogens with zero attached hydrogens (tertiary/aromatic N) is 1. The van der Waals surface area contributed by atoms with E-state index in [1.807, 2.05) is 19.1 Å². The molecular formula is C20H18ClNO5S2. The molecule has 0 N–H and O–H groups in total. The van der Waals surface area contributed by atoms with Gasteiger partial charge in [0, 0.05) is 16.0 Å². The summed E-state index contributed by atoms with van der Waals surface area (Å²) in [4.78, 5) is 38.4. The van der Waals surface area contributed by atoms with Crippen molar-refractivity contribution in [2.75, 3.05) is 13.2 Å². The lowest BCUT2D eigenvalue weighted by molar-refractivity contribution is -0.146. The van der Waals surface area contributed by atoms with Gasteiger partial charge in [-0.25, -0.2) is 0 Å². The Balaban J connectivity index is 1.62. The third-order valence-electron chi connectivity index (χ3n) is 3.83. The minimum Gasteiger partial charge on any atom is -0.464 e. The van der Waals surface area contributed by atoms with Crippen molar-refractivity contribution in [3.05, 3.63) is 52.1 Å². The van der Waals surface area contributed by atoms with Gasteiger partial charge in [-0.15, -0.1) is 0 Å². The number of benzene rings is 1. The molecule has 2 heterocycles. The molecule has 0 radical (unpaired) electrons. The van der Waals surface area contributed by atoms with E-state index in [4.69, 9.17) is 20.8 Å². The van der Waals surface area contributed by atoms with Crippen molar-refractivity contribution >= 4 is 58.3 Å². The molecule has 29 heavy (non-hydrogen) atoms. The molecule has 1 aromatic heterocycles. The number of rotatable bonds is 8. The second-order valence-electron chi connectivity index (χ2n) is 6.05. The van der Waals surface area contributed by atoms with E-state index in [0.717, 1.165) is 34.4 Å². The molecule has 0 unspecified atom stereocenters. The number of thioether (sulfide) groups is 1. The number of hydrogen-bond donors (Lipinski definition) is 0. The van der Waals surface area contributed by atoms with E-state index in [1.165, 1.54) is 17.8 Å². The Hall–Kier alpha value is -2.16. The fourth-order valence-corrected chi connectivity index (χ4v) is 4.08. The molecule has 2 aromatic rings. The van der Waals surface area contributed by atoms with E-state index in [-0.39, 0.29) is 18.1 Å². The zero-order chi connectivity index (χ0) is 20.8. The minimum atomic E-state index is -0.596. The van der Waals surface area contributed by atoms with Gasteiger partial charge in [0.2, 0.25) is 0 Å². The van der Waals surface area contributed by atoms with E-state index in [1.54, 1.807) is 24.3 Å². The Morgan fingerprint density at radius 3 is 2.72 bits per heavy atom. The van der Waals surface area contributed by atoms with Crippen molar-refractivity contribution in [3.63, 3.8) is 0 Å². The highest BCUT2D eigenvalue weighted by Gasteiger charge is 2.36. The third kappa shape index (κ3) is 5.91. The maximum Gasteiger partial charge on any atom is 0.326 e. The highest BCUT2D eigenvalue weighted by atomic mass is 35.5. The highest BCUT2D eigenvalue weighted by Crippen LogP contribution is 2.34. The summed E-state index contributed by atoms with van der Waals surface area (Å²) in [5, 5.41) is 0.785. The van der Waals surface area contributed by atoms with Crippen LogP contribution in [0.5, 0.6) is 0 Å². The number of carbonyl (C=O) groups is 3. The number of unbranched alkanes of at least 4 members (excludes halogenated alkanes) is 1. The monoisotopic (exact) mass is 451 g/mol. The molecule has 0 bridgehead atoms. The summed E-state index contributed by atoms with van der Waals surface area (Å²) in [6, 6.07) is 10.8. The molecule has 0 spiro atoms. The van der Waals surface area contributed by atoms with E-state index in [2.05, 4.69) is 0 Å². The van der Waals surface area contributed by atoms with Crippen molar-refractivity contribution in [2.24, 2.45) is 0 Å². The molecular weight excluding hydrogens is 434 g/mol. The number of hydrogen-bond acceptors (Lipinski definition) is 7. The van der Waals surface area contributed by atoms with Crippen molar-refractivity contribution in [1.82, 2.24) is 4.90 Å². The van der Waals surface area contributed by atoms with Crippen LogP contribution in [0.15, 0.2) is 55.7 Å². The smallest absolute Gasteiger partial charge is 0.326 e. The Kier molecular flexibility index (Phi) is 7.46. The number of ether oxygens (including phenoxy) is 1. The van der Waals surface area contributed by atoms with Gasteiger partial charge >= 0.3 is 5.97 Å². The van der Waals surface area contributed by atoms with E-state index in [0.29, 0.717) is 15.9 Å².